The van der Waals surface area contributed by atoms with Gasteiger partial charge in [-0.25, -0.2) is 9.59 Å². The van der Waals surface area contributed by atoms with Crippen LogP contribution in [-0.4, -0.2) is 56.7 Å². The summed E-state index contributed by atoms with van der Waals surface area (Å²) >= 11 is 0. The zero-order chi connectivity index (χ0) is 18.9. The molecule has 1 saturated heterocycles. The van der Waals surface area contributed by atoms with Gasteiger partial charge in [0.1, 0.15) is 11.4 Å². The van der Waals surface area contributed by atoms with Crippen molar-refractivity contribution in [2.75, 3.05) is 39.2 Å². The molecule has 8 nitrogen and oxygen atoms in total. The molecule has 140 valence electrons. The predicted octanol–water partition coefficient (Wildman–Crippen LogP) is 1.33. The lowest BCUT2D eigenvalue weighted by Gasteiger charge is -2.15. The number of methoxy groups -OCH3 is 2. The Kier molecular flexibility index (Phi) is 7.02. The van der Waals surface area contributed by atoms with Crippen molar-refractivity contribution in [2.45, 2.75) is 12.8 Å². The minimum Gasteiger partial charge on any atom is -0.484 e. The molecule has 1 aliphatic heterocycles. The number of anilines is 1. The molecule has 0 aromatic heterocycles. The Morgan fingerprint density at radius 1 is 1.08 bits per heavy atom. The van der Waals surface area contributed by atoms with Gasteiger partial charge < -0.3 is 24.4 Å². The minimum atomic E-state index is -0.702. The van der Waals surface area contributed by atoms with E-state index < -0.39 is 11.9 Å². The number of hydrogen-bond donors (Lipinski definition) is 1. The molecule has 0 radical (unpaired) electrons. The molecule has 0 atom stereocenters. The number of carbonyl (C=O) groups excluding carboxylic acids is 3. The number of ether oxygens (including phenoxy) is 3. The van der Waals surface area contributed by atoms with E-state index in [9.17, 15) is 14.4 Å². The maximum absolute atomic E-state index is 12.0. The van der Waals surface area contributed by atoms with Gasteiger partial charge in [-0.15, -0.1) is 0 Å². The van der Waals surface area contributed by atoms with Gasteiger partial charge in [-0.2, -0.15) is 0 Å². The molecule has 0 saturated carbocycles. The largest absolute Gasteiger partial charge is 0.484 e. The van der Waals surface area contributed by atoms with Crippen LogP contribution >= 0.6 is 0 Å². The van der Waals surface area contributed by atoms with Crippen molar-refractivity contribution < 1.29 is 28.6 Å². The van der Waals surface area contributed by atoms with E-state index in [1.807, 2.05) is 0 Å². The number of carbonyl (C=O) groups is 3. The summed E-state index contributed by atoms with van der Waals surface area (Å²) in [4.78, 5) is 36.8. The second kappa shape index (κ2) is 9.45. The topological polar surface area (TPSA) is 94.2 Å². The summed E-state index contributed by atoms with van der Waals surface area (Å²) in [6.07, 6.45) is 3.08. The first-order valence-electron chi connectivity index (χ1n) is 8.19. The van der Waals surface area contributed by atoms with Crippen molar-refractivity contribution in [3.8, 4) is 5.75 Å². The Morgan fingerprint density at radius 2 is 1.73 bits per heavy atom. The van der Waals surface area contributed by atoms with Crippen LogP contribution in [0.2, 0.25) is 0 Å². The monoisotopic (exact) mass is 362 g/mol. The fraction of sp³-hybridized carbons (Fsp3) is 0.389. The number of likely N-dealkylation sites (tertiary alicyclic amines) is 1. The van der Waals surface area contributed by atoms with Crippen molar-refractivity contribution in [3.63, 3.8) is 0 Å². The van der Waals surface area contributed by atoms with E-state index in [0.29, 0.717) is 11.4 Å². The highest BCUT2D eigenvalue weighted by Gasteiger charge is 2.18. The van der Waals surface area contributed by atoms with E-state index in [1.165, 1.54) is 14.2 Å². The van der Waals surface area contributed by atoms with E-state index in [2.05, 4.69) is 14.8 Å². The number of benzene rings is 1. The average molecular weight is 362 g/mol. The lowest BCUT2D eigenvalue weighted by Crippen LogP contribution is -2.32. The molecular formula is C18H22N2O6. The van der Waals surface area contributed by atoms with Crippen LogP contribution in [-0.2, 0) is 23.9 Å². The number of nitrogens with zero attached hydrogens (tertiary/aromatic N) is 1. The Labute approximate surface area is 151 Å². The number of nitrogens with one attached hydrogen (secondary N) is 1. The maximum Gasteiger partial charge on any atom is 0.354 e. The second-order valence-corrected chi connectivity index (χ2v) is 5.60. The van der Waals surface area contributed by atoms with E-state index in [4.69, 9.17) is 4.74 Å². The molecule has 2 rings (SSSR count). The van der Waals surface area contributed by atoms with E-state index in [0.717, 1.165) is 32.0 Å². The molecule has 1 amide bonds. The lowest BCUT2D eigenvalue weighted by atomic mass is 10.2. The van der Waals surface area contributed by atoms with Crippen molar-refractivity contribution in [3.05, 3.63) is 36.0 Å². The van der Waals surface area contributed by atoms with Crippen molar-refractivity contribution in [2.24, 2.45) is 0 Å². The van der Waals surface area contributed by atoms with Gasteiger partial charge in [0.2, 0.25) is 0 Å². The quantitative estimate of drug-likeness (QED) is 0.578. The van der Waals surface area contributed by atoms with Crippen LogP contribution in [0.15, 0.2) is 36.0 Å². The summed E-state index contributed by atoms with van der Waals surface area (Å²) in [6.45, 7) is 1.56. The highest BCUT2D eigenvalue weighted by molar-refractivity contribution is 5.98. The summed E-state index contributed by atoms with van der Waals surface area (Å²) in [5.74, 6) is -0.886. The van der Waals surface area contributed by atoms with Gasteiger partial charge in [0, 0.05) is 18.8 Å². The summed E-state index contributed by atoms with van der Waals surface area (Å²) in [5.41, 5.74) is 0.487. The molecular weight excluding hydrogens is 340 g/mol. The van der Waals surface area contributed by atoms with Crippen LogP contribution in [0.4, 0.5) is 5.69 Å². The highest BCUT2D eigenvalue weighted by atomic mass is 16.5. The van der Waals surface area contributed by atoms with Crippen molar-refractivity contribution in [1.29, 1.82) is 0 Å². The summed E-state index contributed by atoms with van der Waals surface area (Å²) in [6, 6.07) is 6.63. The van der Waals surface area contributed by atoms with Crippen LogP contribution in [0.25, 0.3) is 0 Å². The summed E-state index contributed by atoms with van der Waals surface area (Å²) < 4.78 is 14.6. The Hall–Kier alpha value is -3.03. The summed E-state index contributed by atoms with van der Waals surface area (Å²) in [7, 11) is 2.42. The first kappa shape index (κ1) is 19.3. The lowest BCUT2D eigenvalue weighted by molar-refractivity contribution is -0.138. The van der Waals surface area contributed by atoms with Crippen molar-refractivity contribution >= 4 is 23.5 Å². The van der Waals surface area contributed by atoms with E-state index in [-0.39, 0.29) is 18.2 Å². The van der Waals surface area contributed by atoms with E-state index in [1.54, 1.807) is 29.2 Å². The molecule has 1 fully saturated rings. The number of esters is 2. The smallest absolute Gasteiger partial charge is 0.354 e. The first-order chi connectivity index (χ1) is 12.5. The average Bonchev–Trinajstić information content (AvgIpc) is 3.20. The molecule has 8 heteroatoms. The molecule has 0 bridgehead atoms. The molecule has 0 spiro atoms. The van der Waals surface area contributed by atoms with Crippen molar-refractivity contribution in [1.82, 2.24) is 4.90 Å². The minimum absolute atomic E-state index is 0.0115. The van der Waals surface area contributed by atoms with Crippen LogP contribution in [0.5, 0.6) is 5.75 Å². The number of hydrogen-bond acceptors (Lipinski definition) is 7. The normalized spacial score (nSPS) is 13.9. The third kappa shape index (κ3) is 5.51. The second-order valence-electron chi connectivity index (χ2n) is 5.60. The number of amides is 1. The molecule has 0 unspecified atom stereocenters. The molecule has 26 heavy (non-hydrogen) atoms. The van der Waals surface area contributed by atoms with Crippen LogP contribution in [0.1, 0.15) is 12.8 Å². The molecule has 1 N–H and O–H groups in total. The number of rotatable bonds is 7. The van der Waals surface area contributed by atoms with Crippen LogP contribution < -0.4 is 10.1 Å². The summed E-state index contributed by atoms with van der Waals surface area (Å²) in [5, 5.41) is 2.79. The Morgan fingerprint density at radius 3 is 2.31 bits per heavy atom. The molecule has 1 aromatic carbocycles. The van der Waals surface area contributed by atoms with E-state index >= 15 is 0 Å². The first-order valence-corrected chi connectivity index (χ1v) is 8.19. The highest BCUT2D eigenvalue weighted by Crippen LogP contribution is 2.18. The zero-order valence-corrected chi connectivity index (χ0v) is 14.8. The maximum atomic E-state index is 12.0. The fourth-order valence-electron chi connectivity index (χ4n) is 2.43. The standard InChI is InChI=1S/C18H22N2O6/c1-24-17(22)11-15(18(23)25-2)19-13-5-7-14(8-6-13)26-12-16(21)20-9-3-4-10-20/h5-8,11,19H,3-4,9-10,12H2,1-2H3/b15-11+. The molecule has 1 heterocycles. The Balaban J connectivity index is 1.94. The molecule has 1 aliphatic rings. The van der Waals surface area contributed by atoms with Gasteiger partial charge >= 0.3 is 11.9 Å². The predicted molar refractivity (Wildman–Crippen MR) is 93.5 cm³/mol. The van der Waals surface area contributed by atoms with Gasteiger partial charge in [-0.1, -0.05) is 0 Å². The third-order valence-electron chi connectivity index (χ3n) is 3.82. The SMILES string of the molecule is COC(=O)/C=C(/Nc1ccc(OCC(=O)N2CCCC2)cc1)C(=O)OC. The Bertz CT molecular complexity index is 677. The van der Waals surface area contributed by atoms with Crippen LogP contribution in [0.3, 0.4) is 0 Å². The van der Waals surface area contributed by atoms with Crippen LogP contribution in [0, 0.1) is 0 Å². The fourth-order valence-corrected chi connectivity index (χ4v) is 2.43. The molecule has 1 aromatic rings. The van der Waals surface area contributed by atoms with Gasteiger partial charge in [-0.05, 0) is 37.1 Å². The zero-order valence-electron chi connectivity index (χ0n) is 14.8. The van der Waals surface area contributed by atoms with Gasteiger partial charge in [0.15, 0.2) is 6.61 Å². The van der Waals surface area contributed by atoms with Gasteiger partial charge in [-0.3, -0.25) is 4.79 Å². The van der Waals surface area contributed by atoms with Gasteiger partial charge in [0.25, 0.3) is 5.91 Å². The van der Waals surface area contributed by atoms with Gasteiger partial charge in [0.05, 0.1) is 20.3 Å². The molecule has 0 aliphatic carbocycles. The third-order valence-corrected chi connectivity index (χ3v) is 3.82.